The summed E-state index contributed by atoms with van der Waals surface area (Å²) >= 11 is 0. The molecule has 0 aromatic heterocycles. The topological polar surface area (TPSA) is 262 Å². The molecule has 0 aliphatic carbocycles. The summed E-state index contributed by atoms with van der Waals surface area (Å²) in [6, 6.07) is 0. The molecule has 432 valence electrons. The Kier molecular flexibility index (Phi) is 21.2. The third kappa shape index (κ3) is 15.5. The Labute approximate surface area is 393 Å². The zero-order chi connectivity index (χ0) is 57.4. The van der Waals surface area contributed by atoms with Gasteiger partial charge in [0.25, 0.3) is 0 Å². The summed E-state index contributed by atoms with van der Waals surface area (Å²) in [7, 11) is -50.7. The van der Waals surface area contributed by atoms with Crippen molar-refractivity contribution in [3.05, 3.63) is 0 Å². The number of alkyl halides is 21. The molecule has 1 aliphatic heterocycles. The van der Waals surface area contributed by atoms with Crippen molar-refractivity contribution in [1.29, 1.82) is 0 Å². The molecule has 0 N–H and O–H groups in total. The number of nitrogens with zero attached hydrogens (tertiary/aromatic N) is 7. The molecule has 0 aromatic carbocycles. The molecule has 0 unspecified atom stereocenters. The summed E-state index contributed by atoms with van der Waals surface area (Å²) in [6.45, 7) is -33.1. The minimum Gasteiger partial charge on any atom is -0.203 e. The molecule has 0 radical (unpaired) electrons. The molecule has 1 rings (SSSR count). The van der Waals surface area contributed by atoms with Crippen molar-refractivity contribution in [3.8, 4) is 0 Å². The quantitative estimate of drug-likeness (QED) is 0.330. The molecule has 21 nitrogen and oxygen atoms in total. The van der Waals surface area contributed by atoms with Crippen LogP contribution in [-0.4, -0.2) is 219 Å². The molecule has 1 heterocycles. The molecule has 1 aliphatic rings. The first kappa shape index (κ1) is 67.9. The number of rotatable bonds is 7. The van der Waals surface area contributed by atoms with Crippen LogP contribution < -0.4 is 0 Å². The van der Waals surface area contributed by atoms with E-state index >= 15 is 0 Å². The standard InChI is InChI=1S/C23H32F21N7O14S7/c24-17(25,26)66(52,53)45-3-1-5-47(68(56,57)19(30,31)32)9-11-49(70(60,61)21(36,37)38)13-15-51(72(64,65)23(42,43)44)16-14-50(71(62,63)22(39,40)41)12-10-48(69(58,59)20(33,34)35)6-2-4-46(8-7-45)67(54,55)18(27,28)29/h1-16H2. The van der Waals surface area contributed by atoms with Crippen LogP contribution in [0.4, 0.5) is 92.2 Å². The number of hydrogen-bond acceptors (Lipinski definition) is 14. The lowest BCUT2D eigenvalue weighted by molar-refractivity contribution is -0.0523. The lowest BCUT2D eigenvalue weighted by atomic mass is 10.4. The number of sulfonamides is 7. The third-order valence-electron chi connectivity index (χ3n) is 9.05. The summed E-state index contributed by atoms with van der Waals surface area (Å²) in [5.74, 6) is 0. The second kappa shape index (κ2) is 22.5. The summed E-state index contributed by atoms with van der Waals surface area (Å²) in [6.07, 6.45) is -3.72. The molecular formula is C23H32F21N7O14S7. The van der Waals surface area contributed by atoms with Crippen LogP contribution in [0.3, 0.4) is 0 Å². The molecule has 0 bridgehead atoms. The summed E-state index contributed by atoms with van der Waals surface area (Å²) < 4.78 is 454. The predicted molar refractivity (Wildman–Crippen MR) is 195 cm³/mol. The van der Waals surface area contributed by atoms with E-state index in [0.717, 1.165) is 0 Å². The Morgan fingerprint density at radius 1 is 0.181 bits per heavy atom. The van der Waals surface area contributed by atoms with Crippen molar-refractivity contribution in [1.82, 2.24) is 30.1 Å². The first-order valence-electron chi connectivity index (χ1n) is 17.9. The lowest BCUT2D eigenvalue weighted by Gasteiger charge is -2.31. The van der Waals surface area contributed by atoms with E-state index in [1.807, 2.05) is 0 Å². The Morgan fingerprint density at radius 3 is 0.347 bits per heavy atom. The first-order chi connectivity index (χ1) is 31.5. The van der Waals surface area contributed by atoms with Crippen molar-refractivity contribution in [3.63, 3.8) is 0 Å². The van der Waals surface area contributed by atoms with Crippen molar-refractivity contribution in [2.75, 3.05) is 91.6 Å². The molecule has 0 saturated carbocycles. The van der Waals surface area contributed by atoms with Gasteiger partial charge in [-0.25, -0.2) is 58.9 Å². The van der Waals surface area contributed by atoms with Gasteiger partial charge in [0, 0.05) is 91.6 Å². The van der Waals surface area contributed by atoms with Crippen LogP contribution in [0.2, 0.25) is 0 Å². The minimum absolute atomic E-state index is 1.15. The smallest absolute Gasteiger partial charge is 0.203 e. The molecule has 0 aromatic rings. The summed E-state index contributed by atoms with van der Waals surface area (Å²) in [4.78, 5) is 0. The van der Waals surface area contributed by atoms with E-state index in [-0.39, 0.29) is 0 Å². The maximum atomic E-state index is 13.8. The van der Waals surface area contributed by atoms with Gasteiger partial charge in [-0.2, -0.15) is 122 Å². The summed E-state index contributed by atoms with van der Waals surface area (Å²) in [5.41, 5.74) is -47.1. The highest BCUT2D eigenvalue weighted by atomic mass is 32.2. The average molecular weight is 1250 g/mol. The molecule has 1 fully saturated rings. The van der Waals surface area contributed by atoms with Crippen LogP contribution in [0.5, 0.6) is 0 Å². The van der Waals surface area contributed by atoms with Crippen molar-refractivity contribution >= 4 is 70.2 Å². The lowest BCUT2D eigenvalue weighted by Crippen LogP contribution is -2.53. The van der Waals surface area contributed by atoms with E-state index in [9.17, 15) is 151 Å². The van der Waals surface area contributed by atoms with Crippen LogP contribution in [0.25, 0.3) is 0 Å². The fraction of sp³-hybridized carbons (Fsp3) is 1.00. The minimum atomic E-state index is -7.37. The second-order valence-electron chi connectivity index (χ2n) is 13.7. The average Bonchev–Trinajstić information content (AvgIpc) is 3.14. The third-order valence-corrected chi connectivity index (χ3v) is 20.5. The SMILES string of the molecule is O=S(=O)(N1CCCN(S(=O)(=O)C(F)(F)F)CCN(S(=O)(=O)C(F)(F)F)CCN(S(=O)(=O)C(F)(F)F)CCN(S(=O)(=O)C(F)(F)F)CCN(S(=O)(=O)C(F)(F)F)CCCN(S(=O)(=O)C(F)(F)F)CC1)C(F)(F)F. The Hall–Kier alpha value is -2.10. The van der Waals surface area contributed by atoms with Crippen molar-refractivity contribution in [2.45, 2.75) is 51.4 Å². The molecule has 1 saturated heterocycles. The molecule has 72 heavy (non-hydrogen) atoms. The Bertz CT molecular complexity index is 2510. The van der Waals surface area contributed by atoms with E-state index in [2.05, 4.69) is 0 Å². The highest BCUT2D eigenvalue weighted by molar-refractivity contribution is 7.91. The largest absolute Gasteiger partial charge is 0.511 e. The fourth-order valence-electron chi connectivity index (χ4n) is 5.45. The van der Waals surface area contributed by atoms with Gasteiger partial charge in [-0.3, -0.25) is 0 Å². The van der Waals surface area contributed by atoms with Gasteiger partial charge in [0.1, 0.15) is 0 Å². The monoisotopic (exact) mass is 1250 g/mol. The van der Waals surface area contributed by atoms with Gasteiger partial charge in [-0.05, 0) is 12.8 Å². The van der Waals surface area contributed by atoms with Crippen molar-refractivity contribution < 1.29 is 151 Å². The highest BCUT2D eigenvalue weighted by Crippen LogP contribution is 2.35. The van der Waals surface area contributed by atoms with Crippen LogP contribution in [0.15, 0.2) is 0 Å². The predicted octanol–water partition coefficient (Wildman–Crippen LogP) is 1.84. The highest BCUT2D eigenvalue weighted by Gasteiger charge is 2.57. The number of hydrogen-bond donors (Lipinski definition) is 0. The zero-order valence-corrected chi connectivity index (χ0v) is 40.2. The van der Waals surface area contributed by atoms with E-state index in [1.54, 1.807) is 0 Å². The summed E-state index contributed by atoms with van der Waals surface area (Å²) in [5, 5.41) is 0. The van der Waals surface area contributed by atoms with Crippen LogP contribution >= 0.6 is 0 Å². The fourth-order valence-corrected chi connectivity index (χ4v) is 12.2. The molecular weight excluding hydrogens is 1220 g/mol. The van der Waals surface area contributed by atoms with E-state index in [0.29, 0.717) is 0 Å². The van der Waals surface area contributed by atoms with E-state index in [1.165, 1.54) is 0 Å². The molecule has 0 atom stereocenters. The molecule has 0 spiro atoms. The van der Waals surface area contributed by atoms with Gasteiger partial charge in [0.2, 0.25) is 0 Å². The van der Waals surface area contributed by atoms with E-state index < -0.39 is 243 Å². The Balaban J connectivity index is 4.47. The van der Waals surface area contributed by atoms with Crippen LogP contribution in [0, 0.1) is 0 Å². The molecule has 49 heteroatoms. The van der Waals surface area contributed by atoms with Gasteiger partial charge in [0.05, 0.1) is 0 Å². The maximum absolute atomic E-state index is 13.8. The Morgan fingerprint density at radius 2 is 0.264 bits per heavy atom. The normalized spacial score (nSPS) is 21.2. The maximum Gasteiger partial charge on any atom is 0.511 e. The van der Waals surface area contributed by atoms with E-state index in [4.69, 9.17) is 0 Å². The van der Waals surface area contributed by atoms with Crippen LogP contribution in [0.1, 0.15) is 12.8 Å². The van der Waals surface area contributed by atoms with Gasteiger partial charge >= 0.3 is 109 Å². The zero-order valence-electron chi connectivity index (χ0n) is 34.5. The van der Waals surface area contributed by atoms with Gasteiger partial charge in [0.15, 0.2) is 0 Å². The van der Waals surface area contributed by atoms with Crippen molar-refractivity contribution in [2.24, 2.45) is 0 Å². The van der Waals surface area contributed by atoms with Gasteiger partial charge < -0.3 is 0 Å². The molecule has 0 amide bonds. The number of halogens is 21. The first-order valence-corrected chi connectivity index (χ1v) is 28.0. The van der Waals surface area contributed by atoms with Crippen LogP contribution in [-0.2, 0) is 70.2 Å². The van der Waals surface area contributed by atoms with Gasteiger partial charge in [-0.1, -0.05) is 0 Å². The van der Waals surface area contributed by atoms with Gasteiger partial charge in [-0.15, -0.1) is 0 Å². The second-order valence-corrected chi connectivity index (χ2v) is 27.2.